The second kappa shape index (κ2) is 4.06. The van der Waals surface area contributed by atoms with Crippen molar-refractivity contribution in [2.75, 3.05) is 13.2 Å². The molecule has 0 saturated carbocycles. The Hall–Kier alpha value is -0.940. The molecule has 5 heteroatoms. The van der Waals surface area contributed by atoms with Gasteiger partial charge in [0.25, 0.3) is 5.56 Å². The Morgan fingerprint density at radius 3 is 2.86 bits per heavy atom. The van der Waals surface area contributed by atoms with Crippen LogP contribution in [0, 0.1) is 4.77 Å². The van der Waals surface area contributed by atoms with Crippen LogP contribution in [0.4, 0.5) is 0 Å². The van der Waals surface area contributed by atoms with Gasteiger partial charge in [-0.15, -0.1) is 0 Å². The topological polar surface area (TPSA) is 47.0 Å². The Morgan fingerprint density at radius 1 is 1.50 bits per heavy atom. The van der Waals surface area contributed by atoms with E-state index < -0.39 is 0 Å². The van der Waals surface area contributed by atoms with Crippen molar-refractivity contribution in [1.82, 2.24) is 9.55 Å². The molecule has 1 aliphatic heterocycles. The molecule has 0 atom stereocenters. The molecule has 1 fully saturated rings. The Balaban J connectivity index is 2.31. The van der Waals surface area contributed by atoms with Crippen LogP contribution in [-0.2, 0) is 4.74 Å². The number of aromatic nitrogens is 2. The minimum absolute atomic E-state index is 0.140. The highest BCUT2D eigenvalue weighted by Crippen LogP contribution is 2.19. The van der Waals surface area contributed by atoms with Gasteiger partial charge in [0.05, 0.1) is 0 Å². The molecule has 14 heavy (non-hydrogen) atoms. The van der Waals surface area contributed by atoms with Crippen LogP contribution >= 0.6 is 12.2 Å². The van der Waals surface area contributed by atoms with Gasteiger partial charge in [0.15, 0.2) is 4.77 Å². The first kappa shape index (κ1) is 9.61. The third-order valence-corrected chi connectivity index (χ3v) is 2.75. The quantitative estimate of drug-likeness (QED) is 0.713. The molecule has 1 aliphatic rings. The first-order valence-corrected chi connectivity index (χ1v) is 5.07. The van der Waals surface area contributed by atoms with Gasteiger partial charge in [-0.2, -0.15) is 0 Å². The number of nitrogens with zero attached hydrogens (tertiary/aromatic N) is 1. The zero-order valence-electron chi connectivity index (χ0n) is 7.73. The maximum absolute atomic E-state index is 11.0. The van der Waals surface area contributed by atoms with Crippen LogP contribution in [-0.4, -0.2) is 22.8 Å². The van der Waals surface area contributed by atoms with Crippen molar-refractivity contribution in [3.05, 3.63) is 27.4 Å². The lowest BCUT2D eigenvalue weighted by atomic mass is 10.1. The molecule has 0 bridgehead atoms. The summed E-state index contributed by atoms with van der Waals surface area (Å²) in [4.78, 5) is 13.6. The van der Waals surface area contributed by atoms with Gasteiger partial charge < -0.3 is 9.30 Å². The van der Waals surface area contributed by atoms with E-state index in [2.05, 4.69) is 4.98 Å². The number of H-pyrrole nitrogens is 1. The smallest absolute Gasteiger partial charge is 0.251 e. The summed E-state index contributed by atoms with van der Waals surface area (Å²) >= 11 is 5.09. The van der Waals surface area contributed by atoms with Crippen LogP contribution in [0.15, 0.2) is 17.1 Å². The van der Waals surface area contributed by atoms with Gasteiger partial charge in [-0.1, -0.05) is 0 Å². The minimum Gasteiger partial charge on any atom is -0.381 e. The molecule has 0 aromatic carbocycles. The summed E-state index contributed by atoms with van der Waals surface area (Å²) in [7, 11) is 0. The summed E-state index contributed by atoms with van der Waals surface area (Å²) in [6.45, 7) is 1.54. The summed E-state index contributed by atoms with van der Waals surface area (Å²) in [5.41, 5.74) is -0.140. The molecular weight excluding hydrogens is 200 g/mol. The van der Waals surface area contributed by atoms with E-state index in [-0.39, 0.29) is 5.56 Å². The van der Waals surface area contributed by atoms with Gasteiger partial charge in [-0.05, 0) is 25.1 Å². The van der Waals surface area contributed by atoms with Gasteiger partial charge in [-0.25, -0.2) is 0 Å². The van der Waals surface area contributed by atoms with Crippen molar-refractivity contribution in [3.8, 4) is 0 Å². The van der Waals surface area contributed by atoms with Crippen molar-refractivity contribution >= 4 is 12.2 Å². The number of ether oxygens (including phenoxy) is 1. The van der Waals surface area contributed by atoms with Crippen molar-refractivity contribution in [3.63, 3.8) is 0 Å². The molecule has 0 amide bonds. The van der Waals surface area contributed by atoms with Gasteiger partial charge in [0.1, 0.15) is 0 Å². The normalized spacial score (nSPS) is 18.3. The molecule has 0 radical (unpaired) electrons. The van der Waals surface area contributed by atoms with Crippen molar-refractivity contribution in [2.45, 2.75) is 18.9 Å². The van der Waals surface area contributed by atoms with E-state index in [1.54, 1.807) is 6.20 Å². The van der Waals surface area contributed by atoms with E-state index in [1.165, 1.54) is 6.07 Å². The fraction of sp³-hybridized carbons (Fsp3) is 0.556. The van der Waals surface area contributed by atoms with Crippen LogP contribution < -0.4 is 5.56 Å². The molecule has 1 saturated heterocycles. The minimum atomic E-state index is -0.140. The van der Waals surface area contributed by atoms with Crippen molar-refractivity contribution in [1.29, 1.82) is 0 Å². The third kappa shape index (κ3) is 1.93. The van der Waals surface area contributed by atoms with Gasteiger partial charge in [0, 0.05) is 31.5 Å². The van der Waals surface area contributed by atoms with Crippen LogP contribution in [0.5, 0.6) is 0 Å². The second-order valence-corrected chi connectivity index (χ2v) is 3.75. The molecule has 2 rings (SSSR count). The highest BCUT2D eigenvalue weighted by Gasteiger charge is 2.15. The summed E-state index contributed by atoms with van der Waals surface area (Å²) in [6, 6.07) is 1.87. The predicted octanol–water partition coefficient (Wildman–Crippen LogP) is 1.26. The molecular formula is C9H12N2O2S. The van der Waals surface area contributed by atoms with Crippen molar-refractivity contribution in [2.24, 2.45) is 0 Å². The molecule has 1 N–H and O–H groups in total. The molecule has 4 nitrogen and oxygen atoms in total. The number of aromatic amines is 1. The Kier molecular flexibility index (Phi) is 2.79. The average molecular weight is 212 g/mol. The zero-order chi connectivity index (χ0) is 9.97. The van der Waals surface area contributed by atoms with E-state index >= 15 is 0 Å². The zero-order valence-corrected chi connectivity index (χ0v) is 8.55. The van der Waals surface area contributed by atoms with Crippen molar-refractivity contribution < 1.29 is 4.74 Å². The highest BCUT2D eigenvalue weighted by atomic mass is 32.1. The van der Waals surface area contributed by atoms with Gasteiger partial charge >= 0.3 is 0 Å². The van der Waals surface area contributed by atoms with Crippen LogP contribution in [0.2, 0.25) is 0 Å². The largest absolute Gasteiger partial charge is 0.381 e. The Bertz CT molecular complexity index is 417. The maximum atomic E-state index is 11.0. The van der Waals surface area contributed by atoms with Crippen LogP contribution in [0.3, 0.4) is 0 Å². The summed E-state index contributed by atoms with van der Waals surface area (Å²) < 4.78 is 7.71. The second-order valence-electron chi connectivity index (χ2n) is 3.36. The predicted molar refractivity (Wildman–Crippen MR) is 55.0 cm³/mol. The molecule has 2 heterocycles. The third-order valence-electron chi connectivity index (χ3n) is 2.44. The molecule has 0 aliphatic carbocycles. The molecule has 76 valence electrons. The number of hydrogen-bond acceptors (Lipinski definition) is 3. The van der Waals surface area contributed by atoms with Crippen LogP contribution in [0.1, 0.15) is 18.9 Å². The van der Waals surface area contributed by atoms with E-state index in [1.807, 2.05) is 4.57 Å². The Labute approximate surface area is 86.5 Å². The first-order chi connectivity index (χ1) is 6.77. The van der Waals surface area contributed by atoms with Gasteiger partial charge in [0.2, 0.25) is 0 Å². The Morgan fingerprint density at radius 2 is 2.21 bits per heavy atom. The van der Waals surface area contributed by atoms with E-state index in [0.29, 0.717) is 10.8 Å². The molecule has 0 spiro atoms. The number of nitrogens with one attached hydrogen (secondary N) is 1. The molecule has 1 aromatic heterocycles. The lowest BCUT2D eigenvalue weighted by molar-refractivity contribution is 0.0688. The maximum Gasteiger partial charge on any atom is 0.251 e. The monoisotopic (exact) mass is 212 g/mol. The summed E-state index contributed by atoms with van der Waals surface area (Å²) in [5, 5.41) is 0. The highest BCUT2D eigenvalue weighted by molar-refractivity contribution is 7.71. The average Bonchev–Trinajstić information content (AvgIpc) is 2.19. The number of hydrogen-bond donors (Lipinski definition) is 1. The van der Waals surface area contributed by atoms with Crippen LogP contribution in [0.25, 0.3) is 0 Å². The fourth-order valence-electron chi connectivity index (χ4n) is 1.68. The van der Waals surface area contributed by atoms with Gasteiger partial charge in [-0.3, -0.25) is 9.78 Å². The summed E-state index contributed by atoms with van der Waals surface area (Å²) in [5.74, 6) is 0. The number of rotatable bonds is 1. The summed E-state index contributed by atoms with van der Waals surface area (Å²) in [6.07, 6.45) is 3.68. The lowest BCUT2D eigenvalue weighted by Gasteiger charge is -2.24. The SMILES string of the molecule is O=c1ccn(C2CCOCC2)c(=S)[nH]1. The van der Waals surface area contributed by atoms with E-state index in [9.17, 15) is 4.79 Å². The van der Waals surface area contributed by atoms with E-state index in [0.717, 1.165) is 26.1 Å². The fourth-order valence-corrected chi connectivity index (χ4v) is 1.99. The molecule has 0 unspecified atom stereocenters. The molecule has 1 aromatic rings. The lowest BCUT2D eigenvalue weighted by Crippen LogP contribution is -2.22. The standard InChI is InChI=1S/C9H12N2O2S/c12-8-1-4-11(9(14)10-8)7-2-5-13-6-3-7/h1,4,7H,2-3,5-6H2,(H,10,12,14). The first-order valence-electron chi connectivity index (χ1n) is 4.66. The van der Waals surface area contributed by atoms with E-state index in [4.69, 9.17) is 17.0 Å².